The number of piperidine rings is 1. The molecular formula is C29H36N4O3. The zero-order valence-electron chi connectivity index (χ0n) is 21.2. The molecule has 2 aromatic carbocycles. The van der Waals surface area contributed by atoms with Crippen molar-refractivity contribution in [1.29, 1.82) is 5.41 Å². The molecule has 0 aromatic heterocycles. The molecule has 2 aliphatic heterocycles. The van der Waals surface area contributed by atoms with Gasteiger partial charge in [0.25, 0.3) is 5.91 Å². The van der Waals surface area contributed by atoms with Crippen LogP contribution >= 0.6 is 0 Å². The molecule has 0 unspecified atom stereocenters. The summed E-state index contributed by atoms with van der Waals surface area (Å²) in [6.45, 7) is 4.59. The van der Waals surface area contributed by atoms with Gasteiger partial charge in [-0.3, -0.25) is 9.59 Å². The van der Waals surface area contributed by atoms with Gasteiger partial charge in [-0.2, -0.15) is 0 Å². The fourth-order valence-electron chi connectivity index (χ4n) is 4.99. The largest absolute Gasteiger partial charge is 0.393 e. The molecule has 2 saturated heterocycles. The van der Waals surface area contributed by atoms with Crippen molar-refractivity contribution >= 4 is 29.3 Å². The highest BCUT2D eigenvalue weighted by atomic mass is 16.5. The maximum absolute atomic E-state index is 13.3. The van der Waals surface area contributed by atoms with Gasteiger partial charge in [-0.1, -0.05) is 30.3 Å². The summed E-state index contributed by atoms with van der Waals surface area (Å²) in [5, 5.41) is 13.6. The Hall–Kier alpha value is -3.45. The van der Waals surface area contributed by atoms with Crippen LogP contribution in [-0.2, 0) is 9.53 Å². The fraction of sp³-hybridized carbons (Fsp3) is 0.414. The van der Waals surface area contributed by atoms with Gasteiger partial charge >= 0.3 is 0 Å². The number of nitrogens with zero attached hydrogens (tertiary/aromatic N) is 1. The molecular weight excluding hydrogens is 452 g/mol. The number of amides is 2. The number of rotatable bonds is 7. The van der Waals surface area contributed by atoms with Crippen molar-refractivity contribution in [2.45, 2.75) is 38.5 Å². The average Bonchev–Trinajstić information content (AvgIpc) is 2.93. The normalized spacial score (nSPS) is 17.5. The third-order valence-corrected chi connectivity index (χ3v) is 7.29. The molecule has 7 nitrogen and oxygen atoms in total. The Morgan fingerprint density at radius 2 is 1.67 bits per heavy atom. The molecule has 4 rings (SSSR count). The molecule has 2 amide bonds. The Kier molecular flexibility index (Phi) is 8.54. The van der Waals surface area contributed by atoms with Crippen molar-refractivity contribution in [1.82, 2.24) is 10.2 Å². The number of anilines is 1. The van der Waals surface area contributed by atoms with Crippen LogP contribution in [0.3, 0.4) is 0 Å². The minimum Gasteiger partial charge on any atom is -0.393 e. The van der Waals surface area contributed by atoms with Crippen LogP contribution in [0, 0.1) is 18.3 Å². The summed E-state index contributed by atoms with van der Waals surface area (Å²) in [6.07, 6.45) is 6.46. The van der Waals surface area contributed by atoms with Gasteiger partial charge in [0.1, 0.15) is 0 Å². The first-order chi connectivity index (χ1) is 17.5. The van der Waals surface area contributed by atoms with Crippen molar-refractivity contribution in [2.75, 3.05) is 38.7 Å². The Morgan fingerprint density at radius 3 is 2.31 bits per heavy atom. The van der Waals surface area contributed by atoms with Gasteiger partial charge in [0, 0.05) is 68.5 Å². The van der Waals surface area contributed by atoms with Crippen LogP contribution in [0.15, 0.2) is 48.7 Å². The summed E-state index contributed by atoms with van der Waals surface area (Å²) in [5.74, 6) is 0.388. The van der Waals surface area contributed by atoms with Crippen LogP contribution < -0.4 is 10.6 Å². The minimum atomic E-state index is -0.0402. The monoisotopic (exact) mass is 488 g/mol. The van der Waals surface area contributed by atoms with Crippen LogP contribution in [0.5, 0.6) is 0 Å². The molecule has 0 radical (unpaired) electrons. The van der Waals surface area contributed by atoms with E-state index in [1.807, 2.05) is 43.3 Å². The molecule has 0 saturated carbocycles. The predicted octanol–water partition coefficient (Wildman–Crippen LogP) is 4.59. The average molecular weight is 489 g/mol. The molecule has 0 bridgehead atoms. The molecule has 2 fully saturated rings. The lowest BCUT2D eigenvalue weighted by Crippen LogP contribution is -2.38. The Morgan fingerprint density at radius 1 is 1.00 bits per heavy atom. The molecule has 0 aliphatic carbocycles. The van der Waals surface area contributed by atoms with Crippen LogP contribution in [0.1, 0.15) is 58.6 Å². The third-order valence-electron chi connectivity index (χ3n) is 7.29. The first-order valence-corrected chi connectivity index (χ1v) is 12.8. The first kappa shape index (κ1) is 25.6. The highest BCUT2D eigenvalue weighted by Crippen LogP contribution is 2.30. The summed E-state index contributed by atoms with van der Waals surface area (Å²) in [5.41, 5.74) is 5.39. The number of allylic oxidation sites excluding steroid dienone is 1. The summed E-state index contributed by atoms with van der Waals surface area (Å²) in [7, 11) is 1.83. The van der Waals surface area contributed by atoms with E-state index >= 15 is 0 Å². The van der Waals surface area contributed by atoms with Gasteiger partial charge in [0.2, 0.25) is 5.91 Å². The van der Waals surface area contributed by atoms with E-state index in [1.165, 1.54) is 11.8 Å². The second-order valence-electron chi connectivity index (χ2n) is 9.63. The molecule has 2 heterocycles. The maximum Gasteiger partial charge on any atom is 0.253 e. The number of hydrogen-bond acceptors (Lipinski definition) is 5. The molecule has 36 heavy (non-hydrogen) atoms. The maximum atomic E-state index is 13.3. The van der Waals surface area contributed by atoms with E-state index < -0.39 is 0 Å². The van der Waals surface area contributed by atoms with Crippen LogP contribution in [-0.4, -0.2) is 56.3 Å². The fourth-order valence-corrected chi connectivity index (χ4v) is 4.99. The number of likely N-dealkylation sites (tertiary alicyclic amines) is 1. The summed E-state index contributed by atoms with van der Waals surface area (Å²) >= 11 is 0. The SMILES string of the molecule is CN/C=C(\C=N)c1ccc(C2CCN(C(=O)c3ccc(C)c(NC(=O)C4CCOCC4)c3)CC2)cc1. The van der Waals surface area contributed by atoms with Crippen molar-refractivity contribution in [3.05, 3.63) is 70.9 Å². The molecule has 190 valence electrons. The summed E-state index contributed by atoms with van der Waals surface area (Å²) in [6, 6.07) is 14.0. The zero-order valence-corrected chi connectivity index (χ0v) is 21.2. The lowest BCUT2D eigenvalue weighted by atomic mass is 9.88. The zero-order chi connectivity index (χ0) is 25.5. The number of benzene rings is 2. The quantitative estimate of drug-likeness (QED) is 0.497. The second-order valence-corrected chi connectivity index (χ2v) is 9.63. The van der Waals surface area contributed by atoms with E-state index in [0.29, 0.717) is 43.5 Å². The number of carbonyl (C=O) groups is 2. The first-order valence-electron chi connectivity index (χ1n) is 12.8. The van der Waals surface area contributed by atoms with Gasteiger partial charge in [-0.25, -0.2) is 0 Å². The van der Waals surface area contributed by atoms with Crippen molar-refractivity contribution in [2.24, 2.45) is 5.92 Å². The smallest absolute Gasteiger partial charge is 0.253 e. The number of ether oxygens (including phenoxy) is 1. The highest BCUT2D eigenvalue weighted by Gasteiger charge is 2.26. The number of nitrogens with one attached hydrogen (secondary N) is 3. The van der Waals surface area contributed by atoms with Gasteiger partial charge in [0.05, 0.1) is 0 Å². The van der Waals surface area contributed by atoms with Crippen LogP contribution in [0.4, 0.5) is 5.69 Å². The van der Waals surface area contributed by atoms with E-state index in [2.05, 4.69) is 34.9 Å². The van der Waals surface area contributed by atoms with Gasteiger partial charge < -0.3 is 25.7 Å². The number of hydrogen-bond donors (Lipinski definition) is 3. The van der Waals surface area contributed by atoms with E-state index in [9.17, 15) is 9.59 Å². The summed E-state index contributed by atoms with van der Waals surface area (Å²) in [4.78, 5) is 27.9. The van der Waals surface area contributed by atoms with Gasteiger partial charge in [-0.15, -0.1) is 0 Å². The lowest BCUT2D eigenvalue weighted by molar-refractivity contribution is -0.122. The second kappa shape index (κ2) is 12.0. The molecule has 0 atom stereocenters. The Bertz CT molecular complexity index is 1110. The molecule has 7 heteroatoms. The topological polar surface area (TPSA) is 94.5 Å². The van der Waals surface area contributed by atoms with Gasteiger partial charge in [0.15, 0.2) is 0 Å². The number of aryl methyl sites for hydroxylation is 1. The van der Waals surface area contributed by atoms with Crippen molar-refractivity contribution in [3.8, 4) is 0 Å². The lowest BCUT2D eigenvalue weighted by Gasteiger charge is -2.32. The highest BCUT2D eigenvalue weighted by molar-refractivity contribution is 6.08. The Labute approximate surface area is 213 Å². The Balaban J connectivity index is 1.36. The summed E-state index contributed by atoms with van der Waals surface area (Å²) < 4.78 is 5.36. The van der Waals surface area contributed by atoms with Crippen molar-refractivity contribution in [3.63, 3.8) is 0 Å². The molecule has 2 aliphatic rings. The van der Waals surface area contributed by atoms with Crippen LogP contribution in [0.2, 0.25) is 0 Å². The minimum absolute atomic E-state index is 0.00650. The van der Waals surface area contributed by atoms with E-state index in [4.69, 9.17) is 10.1 Å². The predicted molar refractivity (Wildman–Crippen MR) is 143 cm³/mol. The molecule has 2 aromatic rings. The standard InChI is InChI=1S/C29H36N4O3/c1-20-3-4-25(17-27(20)32-28(34)24-11-15-36-16-12-24)29(35)33-13-9-23(10-14-33)21-5-7-22(8-6-21)26(18-30)19-31-2/h3-8,17-19,23-24,30-31H,9-16H2,1-2H3,(H,32,34)/b26-19+,30-18?. The van der Waals surface area contributed by atoms with Crippen molar-refractivity contribution < 1.29 is 14.3 Å². The molecule has 3 N–H and O–H groups in total. The van der Waals surface area contributed by atoms with Crippen LogP contribution in [0.25, 0.3) is 5.57 Å². The van der Waals surface area contributed by atoms with E-state index in [1.54, 1.807) is 0 Å². The number of carbonyl (C=O) groups excluding carboxylic acids is 2. The third kappa shape index (κ3) is 6.02. The molecule has 0 spiro atoms. The van der Waals surface area contributed by atoms with E-state index in [-0.39, 0.29) is 17.7 Å². The van der Waals surface area contributed by atoms with E-state index in [0.717, 1.165) is 42.4 Å². The van der Waals surface area contributed by atoms with Gasteiger partial charge in [-0.05, 0) is 67.3 Å².